The van der Waals surface area contributed by atoms with E-state index in [-0.39, 0.29) is 24.0 Å². The number of hydrogen-bond acceptors (Lipinski definition) is 4. The maximum Gasteiger partial charge on any atom is 0.303 e. The lowest BCUT2D eigenvalue weighted by atomic mass is 9.97. The van der Waals surface area contributed by atoms with E-state index in [9.17, 15) is 18.0 Å². The first-order valence-corrected chi connectivity index (χ1v) is 11.0. The van der Waals surface area contributed by atoms with E-state index in [1.807, 2.05) is 13.0 Å². The van der Waals surface area contributed by atoms with Crippen LogP contribution in [0.25, 0.3) is 0 Å². The van der Waals surface area contributed by atoms with Crippen LogP contribution in [-0.4, -0.2) is 48.5 Å². The number of carboxylic acids is 1. The predicted octanol–water partition coefficient (Wildman–Crippen LogP) is 2.48. The van der Waals surface area contributed by atoms with Crippen molar-refractivity contribution in [1.82, 2.24) is 4.31 Å². The molecule has 0 aromatic heterocycles. The van der Waals surface area contributed by atoms with Crippen molar-refractivity contribution in [2.75, 3.05) is 24.2 Å². The third-order valence-corrected chi connectivity index (χ3v) is 6.75. The molecule has 0 unspecified atom stereocenters. The predicted molar refractivity (Wildman–Crippen MR) is 104 cm³/mol. The van der Waals surface area contributed by atoms with Crippen molar-refractivity contribution < 1.29 is 23.1 Å². The number of aryl methyl sites for hydroxylation is 1. The van der Waals surface area contributed by atoms with Crippen molar-refractivity contribution in [2.45, 2.75) is 45.4 Å². The van der Waals surface area contributed by atoms with E-state index in [2.05, 4.69) is 5.32 Å². The molecule has 1 saturated heterocycles. The maximum absolute atomic E-state index is 12.5. The summed E-state index contributed by atoms with van der Waals surface area (Å²) in [6, 6.07) is 7.17. The molecule has 0 bridgehead atoms. The van der Waals surface area contributed by atoms with Gasteiger partial charge in [-0.15, -0.1) is 0 Å². The number of benzene rings is 1. The standard InChI is InChI=1S/C19H28N2O5S/c1-2-3-13-27(25,26)21-11-9-16(10-12-21)19(24)20-17-6-4-5-15(14-17)7-8-18(22)23/h4-6,14,16H,2-3,7-13H2,1H3,(H,20,24)(H,22,23). The average molecular weight is 397 g/mol. The highest BCUT2D eigenvalue weighted by Crippen LogP contribution is 2.22. The first kappa shape index (κ1) is 21.4. The lowest BCUT2D eigenvalue weighted by Gasteiger charge is -2.30. The Labute approximate surface area is 160 Å². The molecule has 1 aromatic rings. The van der Waals surface area contributed by atoms with Gasteiger partial charge in [-0.05, 0) is 43.4 Å². The van der Waals surface area contributed by atoms with Crippen LogP contribution in [-0.2, 0) is 26.0 Å². The number of unbranched alkanes of at least 4 members (excludes halogenated alkanes) is 1. The summed E-state index contributed by atoms with van der Waals surface area (Å²) in [5.74, 6) is -1.02. The lowest BCUT2D eigenvalue weighted by molar-refractivity contribution is -0.137. The van der Waals surface area contributed by atoms with E-state index in [1.54, 1.807) is 18.2 Å². The summed E-state index contributed by atoms with van der Waals surface area (Å²) in [7, 11) is -3.22. The smallest absolute Gasteiger partial charge is 0.303 e. The van der Waals surface area contributed by atoms with Crippen molar-refractivity contribution in [2.24, 2.45) is 5.92 Å². The lowest BCUT2D eigenvalue weighted by Crippen LogP contribution is -2.42. The van der Waals surface area contributed by atoms with Crippen LogP contribution in [0.1, 0.15) is 44.6 Å². The molecule has 1 aliphatic heterocycles. The summed E-state index contributed by atoms with van der Waals surface area (Å²) in [4.78, 5) is 23.2. The van der Waals surface area contributed by atoms with Gasteiger partial charge >= 0.3 is 5.97 Å². The summed E-state index contributed by atoms with van der Waals surface area (Å²) < 4.78 is 26.0. The van der Waals surface area contributed by atoms with Crippen LogP contribution in [0.15, 0.2) is 24.3 Å². The first-order chi connectivity index (χ1) is 12.8. The summed E-state index contributed by atoms with van der Waals surface area (Å²) in [6.45, 7) is 2.72. The topological polar surface area (TPSA) is 104 Å². The fraction of sp³-hybridized carbons (Fsp3) is 0.579. The van der Waals surface area contributed by atoms with E-state index in [0.29, 0.717) is 44.5 Å². The van der Waals surface area contributed by atoms with Crippen LogP contribution in [0.3, 0.4) is 0 Å². The number of sulfonamides is 1. The molecule has 0 saturated carbocycles. The van der Waals surface area contributed by atoms with Gasteiger partial charge in [0, 0.05) is 31.1 Å². The molecule has 0 aliphatic carbocycles. The van der Waals surface area contributed by atoms with Gasteiger partial charge in [0.1, 0.15) is 0 Å². The molecule has 1 fully saturated rings. The number of carboxylic acid groups (broad SMARTS) is 1. The number of carbonyl (C=O) groups is 2. The Morgan fingerprint density at radius 3 is 2.59 bits per heavy atom. The molecule has 150 valence electrons. The Hall–Kier alpha value is -1.93. The largest absolute Gasteiger partial charge is 0.481 e. The summed E-state index contributed by atoms with van der Waals surface area (Å²) >= 11 is 0. The number of aliphatic carboxylic acids is 1. The molecule has 7 nitrogen and oxygen atoms in total. The number of carbonyl (C=O) groups excluding carboxylic acids is 1. The summed E-state index contributed by atoms with van der Waals surface area (Å²) in [5.41, 5.74) is 1.49. The van der Waals surface area contributed by atoms with Crippen molar-refractivity contribution in [3.05, 3.63) is 29.8 Å². The second-order valence-electron chi connectivity index (χ2n) is 6.93. The number of amides is 1. The van der Waals surface area contributed by atoms with E-state index < -0.39 is 16.0 Å². The van der Waals surface area contributed by atoms with Crippen LogP contribution in [0.2, 0.25) is 0 Å². The van der Waals surface area contributed by atoms with Gasteiger partial charge in [-0.2, -0.15) is 0 Å². The molecule has 1 heterocycles. The molecule has 0 atom stereocenters. The molecule has 1 amide bonds. The summed E-state index contributed by atoms with van der Waals surface area (Å²) in [5, 5.41) is 11.6. The molecule has 0 radical (unpaired) electrons. The highest BCUT2D eigenvalue weighted by Gasteiger charge is 2.30. The number of nitrogens with one attached hydrogen (secondary N) is 1. The third-order valence-electron chi connectivity index (χ3n) is 4.80. The minimum atomic E-state index is -3.22. The normalized spacial score (nSPS) is 16.2. The average Bonchev–Trinajstić information content (AvgIpc) is 2.65. The molecular weight excluding hydrogens is 368 g/mol. The molecule has 8 heteroatoms. The molecule has 1 aliphatic rings. The Bertz CT molecular complexity index is 755. The molecule has 2 N–H and O–H groups in total. The SMILES string of the molecule is CCCCS(=O)(=O)N1CCC(C(=O)Nc2cccc(CCC(=O)O)c2)CC1. The van der Waals surface area contributed by atoms with Gasteiger partial charge in [0.2, 0.25) is 15.9 Å². The number of anilines is 1. The van der Waals surface area contributed by atoms with E-state index in [4.69, 9.17) is 5.11 Å². The van der Waals surface area contributed by atoms with Gasteiger partial charge < -0.3 is 10.4 Å². The monoisotopic (exact) mass is 396 g/mol. The Kier molecular flexibility index (Phi) is 7.79. The van der Waals surface area contributed by atoms with E-state index >= 15 is 0 Å². The Balaban J connectivity index is 1.87. The second-order valence-corrected chi connectivity index (χ2v) is 9.01. The highest BCUT2D eigenvalue weighted by molar-refractivity contribution is 7.89. The van der Waals surface area contributed by atoms with Gasteiger partial charge in [-0.25, -0.2) is 12.7 Å². The molecule has 27 heavy (non-hydrogen) atoms. The second kappa shape index (κ2) is 9.85. The molecule has 2 rings (SSSR count). The van der Waals surface area contributed by atoms with E-state index in [1.165, 1.54) is 4.31 Å². The minimum absolute atomic E-state index is 0.0440. The zero-order valence-corrected chi connectivity index (χ0v) is 16.5. The first-order valence-electron chi connectivity index (χ1n) is 9.41. The fourth-order valence-corrected chi connectivity index (χ4v) is 4.83. The number of piperidine rings is 1. The molecule has 1 aromatic carbocycles. The van der Waals surface area contributed by atoms with Crippen molar-refractivity contribution in [3.8, 4) is 0 Å². The third kappa shape index (κ3) is 6.62. The quantitative estimate of drug-likeness (QED) is 0.667. The molecule has 0 spiro atoms. The van der Waals surface area contributed by atoms with Gasteiger partial charge in [-0.1, -0.05) is 25.5 Å². The van der Waals surface area contributed by atoms with Gasteiger partial charge in [-0.3, -0.25) is 9.59 Å². The van der Waals surface area contributed by atoms with Gasteiger partial charge in [0.15, 0.2) is 0 Å². The zero-order chi connectivity index (χ0) is 19.9. The van der Waals surface area contributed by atoms with Gasteiger partial charge in [0.25, 0.3) is 0 Å². The number of nitrogens with zero attached hydrogens (tertiary/aromatic N) is 1. The van der Waals surface area contributed by atoms with Crippen molar-refractivity contribution in [1.29, 1.82) is 0 Å². The van der Waals surface area contributed by atoms with Crippen molar-refractivity contribution in [3.63, 3.8) is 0 Å². The van der Waals surface area contributed by atoms with E-state index in [0.717, 1.165) is 12.0 Å². The van der Waals surface area contributed by atoms with Crippen LogP contribution in [0.5, 0.6) is 0 Å². The molecular formula is C19H28N2O5S. The maximum atomic E-state index is 12.5. The number of rotatable bonds is 9. The number of hydrogen-bond donors (Lipinski definition) is 2. The summed E-state index contributed by atoms with van der Waals surface area (Å²) in [6.07, 6.45) is 2.96. The van der Waals surface area contributed by atoms with Crippen LogP contribution < -0.4 is 5.32 Å². The minimum Gasteiger partial charge on any atom is -0.481 e. The van der Waals surface area contributed by atoms with Crippen molar-refractivity contribution >= 4 is 27.6 Å². The Morgan fingerprint density at radius 2 is 1.96 bits per heavy atom. The van der Waals surface area contributed by atoms with Crippen LogP contribution in [0.4, 0.5) is 5.69 Å². The highest BCUT2D eigenvalue weighted by atomic mass is 32.2. The zero-order valence-electron chi connectivity index (χ0n) is 15.7. The fourth-order valence-electron chi connectivity index (χ4n) is 3.15. The van der Waals surface area contributed by atoms with Crippen LogP contribution in [0, 0.1) is 5.92 Å². The van der Waals surface area contributed by atoms with Crippen LogP contribution >= 0.6 is 0 Å². The Morgan fingerprint density at radius 1 is 1.26 bits per heavy atom. The van der Waals surface area contributed by atoms with Gasteiger partial charge in [0.05, 0.1) is 5.75 Å².